The molecule has 0 radical (unpaired) electrons. The van der Waals surface area contributed by atoms with E-state index in [9.17, 15) is 0 Å². The summed E-state index contributed by atoms with van der Waals surface area (Å²) in [6.07, 6.45) is 2.40. The van der Waals surface area contributed by atoms with Gasteiger partial charge in [-0.3, -0.25) is 4.90 Å². The average molecular weight is 276 g/mol. The van der Waals surface area contributed by atoms with Crippen LogP contribution in [0.5, 0.6) is 5.75 Å². The molecule has 3 nitrogen and oxygen atoms in total. The average Bonchev–Trinajstić information content (AvgIpc) is 2.49. The van der Waals surface area contributed by atoms with Gasteiger partial charge in [0.25, 0.3) is 0 Å². The van der Waals surface area contributed by atoms with Gasteiger partial charge < -0.3 is 10.1 Å². The summed E-state index contributed by atoms with van der Waals surface area (Å²) in [5.74, 6) is 0.978. The number of hydrogen-bond acceptors (Lipinski definition) is 3. The van der Waals surface area contributed by atoms with Gasteiger partial charge >= 0.3 is 0 Å². The molecule has 1 aliphatic rings. The zero-order chi connectivity index (χ0) is 14.4. The Kier molecular flexibility index (Phi) is 5.86. The lowest BCUT2D eigenvalue weighted by Crippen LogP contribution is -2.56. The molecular formula is C17H28N2O. The molecule has 0 bridgehead atoms. The second-order valence-corrected chi connectivity index (χ2v) is 5.73. The molecule has 2 atom stereocenters. The Balaban J connectivity index is 1.80. The van der Waals surface area contributed by atoms with Crippen LogP contribution < -0.4 is 10.1 Å². The molecule has 1 fully saturated rings. The van der Waals surface area contributed by atoms with Crippen LogP contribution in [0.2, 0.25) is 0 Å². The number of hydrogen-bond donors (Lipinski definition) is 1. The first-order valence-electron chi connectivity index (χ1n) is 7.89. The Hall–Kier alpha value is -1.06. The van der Waals surface area contributed by atoms with Crippen molar-refractivity contribution in [2.45, 2.75) is 45.7 Å². The first-order chi connectivity index (χ1) is 9.72. The van der Waals surface area contributed by atoms with Gasteiger partial charge in [0.1, 0.15) is 12.4 Å². The highest BCUT2D eigenvalue weighted by Crippen LogP contribution is 2.14. The van der Waals surface area contributed by atoms with Gasteiger partial charge in [-0.15, -0.1) is 0 Å². The van der Waals surface area contributed by atoms with E-state index < -0.39 is 0 Å². The van der Waals surface area contributed by atoms with E-state index in [1.807, 2.05) is 0 Å². The van der Waals surface area contributed by atoms with Crippen molar-refractivity contribution < 1.29 is 4.74 Å². The number of aryl methyl sites for hydroxylation is 1. The summed E-state index contributed by atoms with van der Waals surface area (Å²) in [6.45, 7) is 10.7. The van der Waals surface area contributed by atoms with E-state index in [4.69, 9.17) is 4.74 Å². The van der Waals surface area contributed by atoms with Crippen LogP contribution in [0.25, 0.3) is 0 Å². The standard InChI is InChI=1S/C17H28N2O/c1-4-15-13-19(16(5-2)12-18-15)10-11-20-17-8-6-14(3)7-9-17/h6-9,15-16,18H,4-5,10-13H2,1-3H3. The van der Waals surface area contributed by atoms with Gasteiger partial charge in [-0.05, 0) is 31.9 Å². The summed E-state index contributed by atoms with van der Waals surface area (Å²) in [5.41, 5.74) is 1.27. The fourth-order valence-corrected chi connectivity index (χ4v) is 2.79. The Morgan fingerprint density at radius 3 is 2.60 bits per heavy atom. The molecule has 112 valence electrons. The van der Waals surface area contributed by atoms with E-state index >= 15 is 0 Å². The van der Waals surface area contributed by atoms with Crippen LogP contribution in [-0.4, -0.2) is 43.2 Å². The minimum Gasteiger partial charge on any atom is -0.492 e. The topological polar surface area (TPSA) is 24.5 Å². The van der Waals surface area contributed by atoms with Crippen LogP contribution in [0, 0.1) is 6.92 Å². The zero-order valence-electron chi connectivity index (χ0n) is 13.1. The van der Waals surface area contributed by atoms with Crippen molar-refractivity contribution >= 4 is 0 Å². The molecule has 0 spiro atoms. The molecule has 1 heterocycles. The van der Waals surface area contributed by atoms with Crippen LogP contribution in [-0.2, 0) is 0 Å². The smallest absolute Gasteiger partial charge is 0.119 e. The maximum Gasteiger partial charge on any atom is 0.119 e. The number of nitrogens with one attached hydrogen (secondary N) is 1. The third-order valence-corrected chi connectivity index (χ3v) is 4.25. The van der Waals surface area contributed by atoms with Crippen molar-refractivity contribution in [3.05, 3.63) is 29.8 Å². The molecule has 0 amide bonds. The summed E-state index contributed by atoms with van der Waals surface area (Å²) >= 11 is 0. The number of rotatable bonds is 6. The Morgan fingerprint density at radius 1 is 1.20 bits per heavy atom. The molecule has 1 aromatic rings. The van der Waals surface area contributed by atoms with Crippen molar-refractivity contribution in [3.8, 4) is 5.75 Å². The third-order valence-electron chi connectivity index (χ3n) is 4.25. The molecule has 0 saturated carbocycles. The summed E-state index contributed by atoms with van der Waals surface area (Å²) < 4.78 is 5.86. The molecule has 2 unspecified atom stereocenters. The zero-order valence-corrected chi connectivity index (χ0v) is 13.1. The van der Waals surface area contributed by atoms with Gasteiger partial charge in [0.2, 0.25) is 0 Å². The van der Waals surface area contributed by atoms with Gasteiger partial charge in [-0.25, -0.2) is 0 Å². The van der Waals surface area contributed by atoms with Crippen LogP contribution >= 0.6 is 0 Å². The minimum atomic E-state index is 0.636. The number of nitrogens with zero attached hydrogens (tertiary/aromatic N) is 1. The predicted molar refractivity (Wildman–Crippen MR) is 84.4 cm³/mol. The molecule has 3 heteroatoms. The molecule has 20 heavy (non-hydrogen) atoms. The highest BCUT2D eigenvalue weighted by Gasteiger charge is 2.25. The molecule has 2 rings (SSSR count). The molecule has 1 saturated heterocycles. The maximum atomic E-state index is 5.86. The van der Waals surface area contributed by atoms with Crippen molar-refractivity contribution in [2.24, 2.45) is 0 Å². The van der Waals surface area contributed by atoms with Crippen molar-refractivity contribution in [1.82, 2.24) is 10.2 Å². The largest absolute Gasteiger partial charge is 0.492 e. The van der Waals surface area contributed by atoms with E-state index in [1.54, 1.807) is 0 Å². The van der Waals surface area contributed by atoms with Crippen LogP contribution in [0.15, 0.2) is 24.3 Å². The summed E-state index contributed by atoms with van der Waals surface area (Å²) in [7, 11) is 0. The van der Waals surface area contributed by atoms with E-state index in [0.717, 1.165) is 32.0 Å². The van der Waals surface area contributed by atoms with Crippen molar-refractivity contribution in [1.29, 1.82) is 0 Å². The second kappa shape index (κ2) is 7.65. The Labute approximate surface area is 123 Å². The third kappa shape index (κ3) is 4.22. The first-order valence-corrected chi connectivity index (χ1v) is 7.89. The number of ether oxygens (including phenoxy) is 1. The predicted octanol–water partition coefficient (Wildman–Crippen LogP) is 2.84. The molecule has 1 aromatic carbocycles. The SMILES string of the molecule is CCC1CN(CCOc2ccc(C)cc2)C(CC)CN1. The fourth-order valence-electron chi connectivity index (χ4n) is 2.79. The number of benzene rings is 1. The number of piperazine rings is 1. The molecule has 0 aliphatic carbocycles. The Bertz CT molecular complexity index is 390. The van der Waals surface area contributed by atoms with Gasteiger partial charge in [0.15, 0.2) is 0 Å². The van der Waals surface area contributed by atoms with Crippen molar-refractivity contribution in [2.75, 3.05) is 26.2 Å². The summed E-state index contributed by atoms with van der Waals surface area (Å²) in [4.78, 5) is 2.58. The Morgan fingerprint density at radius 2 is 1.95 bits per heavy atom. The van der Waals surface area contributed by atoms with Crippen LogP contribution in [0.4, 0.5) is 0 Å². The van der Waals surface area contributed by atoms with Gasteiger partial charge in [0.05, 0.1) is 0 Å². The normalized spacial score (nSPS) is 23.8. The lowest BCUT2D eigenvalue weighted by Gasteiger charge is -2.39. The van der Waals surface area contributed by atoms with E-state index in [-0.39, 0.29) is 0 Å². The van der Waals surface area contributed by atoms with Crippen LogP contribution in [0.3, 0.4) is 0 Å². The fraction of sp³-hybridized carbons (Fsp3) is 0.647. The lowest BCUT2D eigenvalue weighted by molar-refractivity contribution is 0.105. The van der Waals surface area contributed by atoms with E-state index in [0.29, 0.717) is 12.1 Å². The second-order valence-electron chi connectivity index (χ2n) is 5.73. The van der Waals surface area contributed by atoms with Crippen LogP contribution in [0.1, 0.15) is 32.3 Å². The molecular weight excluding hydrogens is 248 g/mol. The highest BCUT2D eigenvalue weighted by molar-refractivity contribution is 5.26. The molecule has 1 aliphatic heterocycles. The summed E-state index contributed by atoms with van der Waals surface area (Å²) in [5, 5.41) is 3.63. The first kappa shape index (κ1) is 15.3. The monoisotopic (exact) mass is 276 g/mol. The van der Waals surface area contributed by atoms with E-state index in [2.05, 4.69) is 55.3 Å². The summed E-state index contributed by atoms with van der Waals surface area (Å²) in [6, 6.07) is 9.60. The lowest BCUT2D eigenvalue weighted by atomic mass is 10.1. The molecule has 0 aromatic heterocycles. The highest BCUT2D eigenvalue weighted by atomic mass is 16.5. The maximum absolute atomic E-state index is 5.86. The minimum absolute atomic E-state index is 0.636. The van der Waals surface area contributed by atoms with Crippen molar-refractivity contribution in [3.63, 3.8) is 0 Å². The quantitative estimate of drug-likeness (QED) is 0.864. The van der Waals surface area contributed by atoms with Gasteiger partial charge in [-0.2, -0.15) is 0 Å². The molecule has 1 N–H and O–H groups in total. The van der Waals surface area contributed by atoms with Gasteiger partial charge in [-0.1, -0.05) is 31.5 Å². The van der Waals surface area contributed by atoms with Gasteiger partial charge in [0, 0.05) is 31.7 Å². The van der Waals surface area contributed by atoms with E-state index in [1.165, 1.54) is 18.4 Å².